The van der Waals surface area contributed by atoms with Crippen molar-refractivity contribution in [3.63, 3.8) is 0 Å². The fourth-order valence-corrected chi connectivity index (χ4v) is 1.43. The lowest BCUT2D eigenvalue weighted by Gasteiger charge is -2.20. The SMILES string of the molecule is CCCN(CC(=O)OCC)C(=O)c1ccn[nH]1. The molecule has 1 aromatic heterocycles. The molecule has 0 spiro atoms. The van der Waals surface area contributed by atoms with E-state index >= 15 is 0 Å². The molecule has 0 aliphatic carbocycles. The molecule has 0 atom stereocenters. The molecule has 0 aromatic carbocycles. The normalized spacial score (nSPS) is 10.0. The summed E-state index contributed by atoms with van der Waals surface area (Å²) < 4.78 is 4.83. The van der Waals surface area contributed by atoms with Crippen molar-refractivity contribution in [1.29, 1.82) is 0 Å². The second-order valence-corrected chi connectivity index (χ2v) is 3.50. The Morgan fingerprint density at radius 1 is 1.47 bits per heavy atom. The molecule has 94 valence electrons. The number of nitrogens with one attached hydrogen (secondary N) is 1. The Bertz CT molecular complexity index is 362. The number of rotatable bonds is 6. The van der Waals surface area contributed by atoms with E-state index in [9.17, 15) is 9.59 Å². The number of carbonyl (C=O) groups is 2. The lowest BCUT2D eigenvalue weighted by molar-refractivity contribution is -0.143. The number of esters is 1. The first-order valence-corrected chi connectivity index (χ1v) is 5.63. The van der Waals surface area contributed by atoms with Crippen LogP contribution in [0, 0.1) is 0 Å². The van der Waals surface area contributed by atoms with Gasteiger partial charge < -0.3 is 9.64 Å². The number of H-pyrrole nitrogens is 1. The van der Waals surface area contributed by atoms with Crippen LogP contribution in [0.2, 0.25) is 0 Å². The summed E-state index contributed by atoms with van der Waals surface area (Å²) in [6.07, 6.45) is 2.28. The summed E-state index contributed by atoms with van der Waals surface area (Å²) in [5.74, 6) is -0.633. The molecule has 0 unspecified atom stereocenters. The van der Waals surface area contributed by atoms with Gasteiger partial charge in [0.1, 0.15) is 12.2 Å². The van der Waals surface area contributed by atoms with E-state index < -0.39 is 5.97 Å². The van der Waals surface area contributed by atoms with Crippen molar-refractivity contribution in [2.24, 2.45) is 0 Å². The number of hydrogen-bond donors (Lipinski definition) is 1. The van der Waals surface area contributed by atoms with Crippen LogP contribution < -0.4 is 0 Å². The van der Waals surface area contributed by atoms with Gasteiger partial charge in [0.15, 0.2) is 0 Å². The zero-order valence-corrected chi connectivity index (χ0v) is 10.1. The van der Waals surface area contributed by atoms with Gasteiger partial charge >= 0.3 is 5.97 Å². The zero-order chi connectivity index (χ0) is 12.7. The molecule has 0 aliphatic rings. The van der Waals surface area contributed by atoms with Crippen molar-refractivity contribution in [3.8, 4) is 0 Å². The first-order valence-electron chi connectivity index (χ1n) is 5.63. The highest BCUT2D eigenvalue weighted by Gasteiger charge is 2.19. The van der Waals surface area contributed by atoms with Crippen molar-refractivity contribution in [2.45, 2.75) is 20.3 Å². The Hall–Kier alpha value is -1.85. The minimum absolute atomic E-state index is 0.0282. The fraction of sp³-hybridized carbons (Fsp3) is 0.545. The molecule has 0 bridgehead atoms. The monoisotopic (exact) mass is 239 g/mol. The van der Waals surface area contributed by atoms with E-state index in [2.05, 4.69) is 10.2 Å². The van der Waals surface area contributed by atoms with Crippen LogP contribution in [0.15, 0.2) is 12.3 Å². The fourth-order valence-electron chi connectivity index (χ4n) is 1.43. The zero-order valence-electron chi connectivity index (χ0n) is 10.1. The van der Waals surface area contributed by atoms with Crippen LogP contribution in [0.4, 0.5) is 0 Å². The van der Waals surface area contributed by atoms with E-state index in [1.807, 2.05) is 6.92 Å². The van der Waals surface area contributed by atoms with E-state index in [0.717, 1.165) is 6.42 Å². The van der Waals surface area contributed by atoms with E-state index in [-0.39, 0.29) is 12.5 Å². The van der Waals surface area contributed by atoms with Crippen molar-refractivity contribution >= 4 is 11.9 Å². The van der Waals surface area contributed by atoms with Crippen LogP contribution in [0.1, 0.15) is 30.8 Å². The third-order valence-corrected chi connectivity index (χ3v) is 2.14. The average molecular weight is 239 g/mol. The smallest absolute Gasteiger partial charge is 0.325 e. The van der Waals surface area contributed by atoms with Crippen LogP contribution in [0.25, 0.3) is 0 Å². The molecule has 0 fully saturated rings. The molecule has 0 saturated carbocycles. The maximum absolute atomic E-state index is 12.0. The molecule has 0 radical (unpaired) electrons. The van der Waals surface area contributed by atoms with Crippen molar-refractivity contribution in [1.82, 2.24) is 15.1 Å². The summed E-state index contributed by atoms with van der Waals surface area (Å²) in [5.41, 5.74) is 0.378. The first-order chi connectivity index (χ1) is 8.19. The predicted octanol–water partition coefficient (Wildman–Crippen LogP) is 0.825. The molecule has 1 amide bonds. The van der Waals surface area contributed by atoms with Crippen molar-refractivity contribution in [3.05, 3.63) is 18.0 Å². The highest BCUT2D eigenvalue weighted by atomic mass is 16.5. The van der Waals surface area contributed by atoms with Gasteiger partial charge in [0, 0.05) is 12.7 Å². The Balaban J connectivity index is 2.65. The van der Waals surface area contributed by atoms with Gasteiger partial charge in [-0.1, -0.05) is 6.92 Å². The predicted molar refractivity (Wildman–Crippen MR) is 61.4 cm³/mol. The first kappa shape index (κ1) is 13.2. The highest BCUT2D eigenvalue weighted by molar-refractivity contribution is 5.94. The maximum atomic E-state index is 12.0. The highest BCUT2D eigenvalue weighted by Crippen LogP contribution is 2.02. The number of ether oxygens (including phenoxy) is 1. The molecule has 1 N–H and O–H groups in total. The Morgan fingerprint density at radius 3 is 2.76 bits per heavy atom. The van der Waals surface area contributed by atoms with Gasteiger partial charge in [-0.15, -0.1) is 0 Å². The van der Waals surface area contributed by atoms with Crippen LogP contribution in [0.3, 0.4) is 0 Å². The average Bonchev–Trinajstić information content (AvgIpc) is 2.81. The molecule has 1 heterocycles. The van der Waals surface area contributed by atoms with Crippen LogP contribution in [0.5, 0.6) is 0 Å². The van der Waals surface area contributed by atoms with Gasteiger partial charge in [-0.3, -0.25) is 14.7 Å². The number of hydrogen-bond acceptors (Lipinski definition) is 4. The molecule has 1 rings (SSSR count). The lowest BCUT2D eigenvalue weighted by atomic mass is 10.3. The molecule has 17 heavy (non-hydrogen) atoms. The summed E-state index contributed by atoms with van der Waals surface area (Å²) >= 11 is 0. The lowest BCUT2D eigenvalue weighted by Crippen LogP contribution is -2.37. The van der Waals surface area contributed by atoms with Crippen LogP contribution in [-0.2, 0) is 9.53 Å². The van der Waals surface area contributed by atoms with Crippen LogP contribution in [-0.4, -0.2) is 46.7 Å². The molecule has 6 heteroatoms. The van der Waals surface area contributed by atoms with E-state index in [0.29, 0.717) is 18.8 Å². The third-order valence-electron chi connectivity index (χ3n) is 2.14. The van der Waals surface area contributed by atoms with Gasteiger partial charge in [0.05, 0.1) is 6.61 Å². The van der Waals surface area contributed by atoms with Gasteiger partial charge in [-0.25, -0.2) is 0 Å². The number of carbonyl (C=O) groups excluding carboxylic acids is 2. The number of aromatic nitrogens is 2. The largest absolute Gasteiger partial charge is 0.465 e. The summed E-state index contributed by atoms with van der Waals surface area (Å²) in [7, 11) is 0. The summed E-state index contributed by atoms with van der Waals surface area (Å²) in [6, 6.07) is 1.58. The maximum Gasteiger partial charge on any atom is 0.325 e. The summed E-state index contributed by atoms with van der Waals surface area (Å²) in [4.78, 5) is 24.8. The molecule has 1 aromatic rings. The molecular weight excluding hydrogens is 222 g/mol. The van der Waals surface area contributed by atoms with Gasteiger partial charge in [-0.05, 0) is 19.4 Å². The number of aromatic amines is 1. The van der Waals surface area contributed by atoms with Gasteiger partial charge in [0.2, 0.25) is 0 Å². The summed E-state index contributed by atoms with van der Waals surface area (Å²) in [5, 5.41) is 6.30. The third kappa shape index (κ3) is 3.90. The number of amides is 1. The second-order valence-electron chi connectivity index (χ2n) is 3.50. The Kier molecular flexibility index (Phi) is 5.19. The van der Waals surface area contributed by atoms with Gasteiger partial charge in [-0.2, -0.15) is 5.10 Å². The molecule has 0 aliphatic heterocycles. The van der Waals surface area contributed by atoms with Crippen molar-refractivity contribution < 1.29 is 14.3 Å². The van der Waals surface area contributed by atoms with E-state index in [1.165, 1.54) is 11.1 Å². The quantitative estimate of drug-likeness (QED) is 0.746. The van der Waals surface area contributed by atoms with E-state index in [4.69, 9.17) is 4.74 Å². The molecule has 0 saturated heterocycles. The Labute approximate surface area is 99.9 Å². The summed E-state index contributed by atoms with van der Waals surface area (Å²) in [6.45, 7) is 4.48. The van der Waals surface area contributed by atoms with Gasteiger partial charge in [0.25, 0.3) is 5.91 Å². The van der Waals surface area contributed by atoms with Crippen molar-refractivity contribution in [2.75, 3.05) is 19.7 Å². The Morgan fingerprint density at radius 2 is 2.24 bits per heavy atom. The van der Waals surface area contributed by atoms with E-state index in [1.54, 1.807) is 13.0 Å². The standard InChI is InChI=1S/C11H17N3O3/c1-3-7-14(8-10(15)17-4-2)11(16)9-5-6-12-13-9/h5-6H,3-4,7-8H2,1-2H3,(H,12,13). The second kappa shape index (κ2) is 6.67. The minimum Gasteiger partial charge on any atom is -0.465 e. The minimum atomic E-state index is -0.395. The molecular formula is C11H17N3O3. The van der Waals surface area contributed by atoms with Crippen LogP contribution >= 0.6 is 0 Å². The topological polar surface area (TPSA) is 75.3 Å². The molecule has 6 nitrogen and oxygen atoms in total. The number of nitrogens with zero attached hydrogens (tertiary/aromatic N) is 2.